The molecule has 4 rings (SSSR count). The van der Waals surface area contributed by atoms with E-state index in [2.05, 4.69) is 9.88 Å². The molecule has 2 aromatic carbocycles. The molecule has 0 aliphatic carbocycles. The Balaban J connectivity index is 1.55. The van der Waals surface area contributed by atoms with E-state index in [9.17, 15) is 14.0 Å². The van der Waals surface area contributed by atoms with Crippen LogP contribution in [-0.2, 0) is 11.3 Å². The van der Waals surface area contributed by atoms with Crippen molar-refractivity contribution in [1.29, 1.82) is 0 Å². The fourth-order valence-electron chi connectivity index (χ4n) is 4.27. The standard InChI is InChI=1S/C26H29FN4O3/c1-18(2)31(26(33)28-21-6-4-7-22(16-21)34-3)17-24(32)30-15-14-29-13-5-8-23(29)25(30)19-9-11-20(27)12-10-19/h4-13,16,18,25H,14-15,17H2,1-3H3,(H,28,33). The van der Waals surface area contributed by atoms with Crippen LogP contribution in [0.15, 0.2) is 66.9 Å². The molecule has 2 heterocycles. The number of urea groups is 1. The fourth-order valence-corrected chi connectivity index (χ4v) is 4.27. The van der Waals surface area contributed by atoms with E-state index >= 15 is 0 Å². The summed E-state index contributed by atoms with van der Waals surface area (Å²) < 4.78 is 20.9. The van der Waals surface area contributed by atoms with Gasteiger partial charge < -0.3 is 24.4 Å². The first-order valence-corrected chi connectivity index (χ1v) is 11.3. The highest BCUT2D eigenvalue weighted by molar-refractivity contribution is 5.93. The Morgan fingerprint density at radius 2 is 1.88 bits per heavy atom. The quantitative estimate of drug-likeness (QED) is 0.584. The van der Waals surface area contributed by atoms with Gasteiger partial charge >= 0.3 is 6.03 Å². The summed E-state index contributed by atoms with van der Waals surface area (Å²) in [5, 5.41) is 2.86. The van der Waals surface area contributed by atoms with Crippen LogP contribution in [-0.4, -0.2) is 52.5 Å². The van der Waals surface area contributed by atoms with Crippen molar-refractivity contribution in [3.05, 3.63) is 83.9 Å². The molecule has 1 aliphatic heterocycles. The molecular weight excluding hydrogens is 435 g/mol. The lowest BCUT2D eigenvalue weighted by atomic mass is 9.99. The van der Waals surface area contributed by atoms with Crippen molar-refractivity contribution in [2.24, 2.45) is 0 Å². The number of hydrogen-bond donors (Lipinski definition) is 1. The van der Waals surface area contributed by atoms with Crippen molar-refractivity contribution < 1.29 is 18.7 Å². The molecule has 1 aliphatic rings. The van der Waals surface area contributed by atoms with Crippen LogP contribution in [0.2, 0.25) is 0 Å². The molecule has 1 aromatic heterocycles. The van der Waals surface area contributed by atoms with Crippen LogP contribution in [0.5, 0.6) is 5.75 Å². The van der Waals surface area contributed by atoms with Crippen molar-refractivity contribution in [3.63, 3.8) is 0 Å². The van der Waals surface area contributed by atoms with Gasteiger partial charge in [-0.25, -0.2) is 9.18 Å². The Hall–Kier alpha value is -3.81. The van der Waals surface area contributed by atoms with Gasteiger partial charge in [0.2, 0.25) is 5.91 Å². The number of aromatic nitrogens is 1. The first-order valence-electron chi connectivity index (χ1n) is 11.3. The number of rotatable bonds is 6. The Morgan fingerprint density at radius 1 is 1.12 bits per heavy atom. The number of nitrogens with one attached hydrogen (secondary N) is 1. The van der Waals surface area contributed by atoms with Crippen molar-refractivity contribution >= 4 is 17.6 Å². The van der Waals surface area contributed by atoms with Crippen LogP contribution in [0.4, 0.5) is 14.9 Å². The summed E-state index contributed by atoms with van der Waals surface area (Å²) in [6, 6.07) is 16.3. The first kappa shape index (κ1) is 23.4. The van der Waals surface area contributed by atoms with E-state index < -0.39 is 0 Å². The molecule has 0 bridgehead atoms. The topological polar surface area (TPSA) is 66.8 Å². The zero-order chi connectivity index (χ0) is 24.2. The molecular formula is C26H29FN4O3. The molecule has 7 nitrogen and oxygen atoms in total. The van der Waals surface area contributed by atoms with E-state index in [1.54, 1.807) is 48.4 Å². The predicted octanol–water partition coefficient (Wildman–Crippen LogP) is 4.51. The number of carbonyl (C=O) groups is 2. The Kier molecular flexibility index (Phi) is 6.86. The molecule has 0 radical (unpaired) electrons. The summed E-state index contributed by atoms with van der Waals surface area (Å²) >= 11 is 0. The minimum absolute atomic E-state index is 0.0775. The van der Waals surface area contributed by atoms with Gasteiger partial charge in [-0.1, -0.05) is 18.2 Å². The molecule has 0 saturated heterocycles. The molecule has 1 atom stereocenters. The van der Waals surface area contributed by atoms with E-state index in [0.29, 0.717) is 24.5 Å². The van der Waals surface area contributed by atoms with Gasteiger partial charge in [-0.05, 0) is 55.8 Å². The number of nitrogens with zero attached hydrogens (tertiary/aromatic N) is 3. The van der Waals surface area contributed by atoms with Crippen molar-refractivity contribution in [1.82, 2.24) is 14.4 Å². The number of amides is 3. The van der Waals surface area contributed by atoms with Gasteiger partial charge in [0.05, 0.1) is 13.2 Å². The molecule has 1 N–H and O–H groups in total. The van der Waals surface area contributed by atoms with E-state index in [0.717, 1.165) is 11.3 Å². The summed E-state index contributed by atoms with van der Waals surface area (Å²) in [6.07, 6.45) is 1.98. The largest absolute Gasteiger partial charge is 0.497 e. The van der Waals surface area contributed by atoms with Crippen molar-refractivity contribution in [3.8, 4) is 5.75 Å². The second kappa shape index (κ2) is 9.99. The van der Waals surface area contributed by atoms with E-state index in [1.807, 2.05) is 32.2 Å². The minimum Gasteiger partial charge on any atom is -0.497 e. The number of hydrogen-bond acceptors (Lipinski definition) is 3. The first-order chi connectivity index (χ1) is 16.4. The van der Waals surface area contributed by atoms with Crippen molar-refractivity contribution in [2.45, 2.75) is 32.5 Å². The zero-order valence-electron chi connectivity index (χ0n) is 19.6. The number of carbonyl (C=O) groups excluding carboxylic acids is 2. The Bertz CT molecular complexity index is 1160. The van der Waals surface area contributed by atoms with E-state index in [1.165, 1.54) is 17.0 Å². The van der Waals surface area contributed by atoms with Crippen LogP contribution < -0.4 is 10.1 Å². The van der Waals surface area contributed by atoms with Gasteiger partial charge in [0.15, 0.2) is 0 Å². The fraction of sp³-hybridized carbons (Fsp3) is 0.308. The maximum atomic E-state index is 13.6. The molecule has 34 heavy (non-hydrogen) atoms. The highest BCUT2D eigenvalue weighted by Gasteiger charge is 2.34. The van der Waals surface area contributed by atoms with Crippen molar-refractivity contribution in [2.75, 3.05) is 25.5 Å². The smallest absolute Gasteiger partial charge is 0.322 e. The molecule has 3 aromatic rings. The van der Waals surface area contributed by atoms with Gasteiger partial charge in [0.25, 0.3) is 0 Å². The molecule has 0 saturated carbocycles. The van der Waals surface area contributed by atoms with Gasteiger partial charge in [-0.15, -0.1) is 0 Å². The third-order valence-electron chi connectivity index (χ3n) is 6.06. The average molecular weight is 465 g/mol. The Morgan fingerprint density at radius 3 is 2.59 bits per heavy atom. The maximum Gasteiger partial charge on any atom is 0.322 e. The molecule has 8 heteroatoms. The summed E-state index contributed by atoms with van der Waals surface area (Å²) in [4.78, 5) is 29.9. The number of anilines is 1. The molecule has 0 fully saturated rings. The van der Waals surface area contributed by atoms with Crippen LogP contribution >= 0.6 is 0 Å². The highest BCUT2D eigenvalue weighted by atomic mass is 19.1. The number of methoxy groups -OCH3 is 1. The van der Waals surface area contributed by atoms with Gasteiger partial charge in [-0.2, -0.15) is 0 Å². The second-order valence-corrected chi connectivity index (χ2v) is 8.55. The van der Waals surface area contributed by atoms with E-state index in [4.69, 9.17) is 4.74 Å². The van der Waals surface area contributed by atoms with Crippen LogP contribution in [0.3, 0.4) is 0 Å². The Labute approximate surface area is 198 Å². The molecule has 1 unspecified atom stereocenters. The predicted molar refractivity (Wildman–Crippen MR) is 128 cm³/mol. The summed E-state index contributed by atoms with van der Waals surface area (Å²) in [5.74, 6) is 0.132. The third-order valence-corrected chi connectivity index (χ3v) is 6.06. The van der Waals surface area contributed by atoms with Gasteiger partial charge in [-0.3, -0.25) is 4.79 Å². The van der Waals surface area contributed by atoms with Gasteiger partial charge in [0, 0.05) is 42.8 Å². The number of fused-ring (bicyclic) bond motifs is 1. The van der Waals surface area contributed by atoms with Crippen LogP contribution in [0.1, 0.15) is 31.1 Å². The number of ether oxygens (including phenoxy) is 1. The van der Waals surface area contributed by atoms with E-state index in [-0.39, 0.29) is 36.4 Å². The molecule has 0 spiro atoms. The zero-order valence-corrected chi connectivity index (χ0v) is 19.6. The lowest BCUT2D eigenvalue weighted by Crippen LogP contribution is -2.50. The maximum absolute atomic E-state index is 13.6. The second-order valence-electron chi connectivity index (χ2n) is 8.55. The lowest BCUT2D eigenvalue weighted by molar-refractivity contribution is -0.134. The van der Waals surface area contributed by atoms with Crippen LogP contribution in [0, 0.1) is 5.82 Å². The average Bonchev–Trinajstić information content (AvgIpc) is 3.31. The monoisotopic (exact) mass is 464 g/mol. The summed E-state index contributed by atoms with van der Waals surface area (Å²) in [7, 11) is 1.56. The number of benzene rings is 2. The van der Waals surface area contributed by atoms with Gasteiger partial charge in [0.1, 0.15) is 18.1 Å². The molecule has 178 valence electrons. The molecule has 3 amide bonds. The minimum atomic E-state index is -0.365. The SMILES string of the molecule is COc1cccc(NC(=O)N(CC(=O)N2CCn3cccc3C2c2ccc(F)cc2)C(C)C)c1. The summed E-state index contributed by atoms with van der Waals surface area (Å²) in [5.41, 5.74) is 2.37. The summed E-state index contributed by atoms with van der Waals surface area (Å²) in [6.45, 7) is 4.82. The highest BCUT2D eigenvalue weighted by Crippen LogP contribution is 2.32. The third kappa shape index (κ3) is 4.90. The van der Waals surface area contributed by atoms with Crippen LogP contribution in [0.25, 0.3) is 0 Å². The normalized spacial score (nSPS) is 15.1. The lowest BCUT2D eigenvalue weighted by Gasteiger charge is -2.39. The number of halogens is 1.